The number of aromatic nitrogens is 1. The molecule has 5 heteroatoms. The lowest BCUT2D eigenvalue weighted by Gasteiger charge is -2.15. The molecular formula is C9H12Br2N2O. The first-order chi connectivity index (χ1) is 6.69. The van der Waals surface area contributed by atoms with Gasteiger partial charge in [0.2, 0.25) is 0 Å². The average molecular weight is 324 g/mol. The zero-order valence-electron chi connectivity index (χ0n) is 8.05. The van der Waals surface area contributed by atoms with Crippen molar-refractivity contribution in [3.05, 3.63) is 26.9 Å². The van der Waals surface area contributed by atoms with Crippen LogP contribution in [-0.4, -0.2) is 25.7 Å². The highest BCUT2D eigenvalue weighted by Gasteiger charge is 2.13. The van der Waals surface area contributed by atoms with Crippen LogP contribution in [0.1, 0.15) is 11.7 Å². The van der Waals surface area contributed by atoms with Gasteiger partial charge in [-0.25, -0.2) is 0 Å². The molecule has 1 heterocycles. The molecule has 3 nitrogen and oxygen atoms in total. The van der Waals surface area contributed by atoms with Gasteiger partial charge in [-0.05, 0) is 45.0 Å². The summed E-state index contributed by atoms with van der Waals surface area (Å²) in [7, 11) is 3.57. The fourth-order valence-corrected chi connectivity index (χ4v) is 2.41. The summed E-state index contributed by atoms with van der Waals surface area (Å²) in [6.07, 6.45) is 1.78. The number of methoxy groups -OCH3 is 1. The summed E-state index contributed by atoms with van der Waals surface area (Å²) in [5, 5.41) is 3.15. The molecule has 0 fully saturated rings. The number of likely N-dealkylation sites (N-methyl/N-ethyl adjacent to an activating group) is 1. The van der Waals surface area contributed by atoms with Crippen molar-refractivity contribution in [2.24, 2.45) is 0 Å². The maximum Gasteiger partial charge on any atom is 0.0741 e. The number of hydrogen-bond donors (Lipinski definition) is 1. The van der Waals surface area contributed by atoms with Crippen molar-refractivity contribution in [2.45, 2.75) is 6.04 Å². The molecule has 0 bridgehead atoms. The summed E-state index contributed by atoms with van der Waals surface area (Å²) in [5.74, 6) is 0. The molecule has 14 heavy (non-hydrogen) atoms. The molecule has 0 saturated heterocycles. The summed E-state index contributed by atoms with van der Waals surface area (Å²) in [5.41, 5.74) is 0.956. The maximum atomic E-state index is 5.10. The second-order valence-corrected chi connectivity index (χ2v) is 4.59. The van der Waals surface area contributed by atoms with Gasteiger partial charge < -0.3 is 10.1 Å². The quantitative estimate of drug-likeness (QED) is 0.924. The molecule has 78 valence electrons. The molecule has 0 aromatic carbocycles. The fourth-order valence-electron chi connectivity index (χ4n) is 1.15. The number of halogens is 2. The third-order valence-electron chi connectivity index (χ3n) is 1.85. The van der Waals surface area contributed by atoms with Gasteiger partial charge in [0, 0.05) is 22.3 Å². The summed E-state index contributed by atoms with van der Waals surface area (Å²) < 4.78 is 7.03. The molecule has 1 atom stereocenters. The van der Waals surface area contributed by atoms with Gasteiger partial charge in [-0.3, -0.25) is 4.98 Å². The van der Waals surface area contributed by atoms with E-state index in [9.17, 15) is 0 Å². The molecule has 1 aromatic rings. The van der Waals surface area contributed by atoms with Crippen molar-refractivity contribution in [3.8, 4) is 0 Å². The molecule has 0 amide bonds. The molecule has 0 aliphatic carbocycles. The lowest BCUT2D eigenvalue weighted by Crippen LogP contribution is -2.22. The average Bonchev–Trinajstić information content (AvgIpc) is 2.15. The SMILES string of the molecule is CNC(COC)c1ncc(Br)cc1Br. The van der Waals surface area contributed by atoms with E-state index in [0.717, 1.165) is 14.6 Å². The lowest BCUT2D eigenvalue weighted by molar-refractivity contribution is 0.168. The van der Waals surface area contributed by atoms with Crippen molar-refractivity contribution >= 4 is 31.9 Å². The Morgan fingerprint density at radius 3 is 2.79 bits per heavy atom. The number of nitrogens with zero attached hydrogens (tertiary/aromatic N) is 1. The number of ether oxygens (including phenoxy) is 1. The molecular weight excluding hydrogens is 312 g/mol. The highest BCUT2D eigenvalue weighted by Crippen LogP contribution is 2.24. The van der Waals surface area contributed by atoms with Crippen LogP contribution in [0.2, 0.25) is 0 Å². The van der Waals surface area contributed by atoms with Gasteiger partial charge in [0.15, 0.2) is 0 Å². The summed E-state index contributed by atoms with van der Waals surface area (Å²) >= 11 is 6.83. The molecule has 1 unspecified atom stereocenters. The van der Waals surface area contributed by atoms with Gasteiger partial charge in [0.05, 0.1) is 18.3 Å². The van der Waals surface area contributed by atoms with Crippen LogP contribution in [0.4, 0.5) is 0 Å². The number of pyridine rings is 1. The largest absolute Gasteiger partial charge is 0.383 e. The highest BCUT2D eigenvalue weighted by atomic mass is 79.9. The third-order valence-corrected chi connectivity index (χ3v) is 2.92. The molecule has 0 spiro atoms. The Bertz CT molecular complexity index is 307. The number of hydrogen-bond acceptors (Lipinski definition) is 3. The van der Waals surface area contributed by atoms with Gasteiger partial charge in [0.25, 0.3) is 0 Å². The molecule has 0 aliphatic rings. The van der Waals surface area contributed by atoms with Crippen LogP contribution < -0.4 is 5.32 Å². The summed E-state index contributed by atoms with van der Waals surface area (Å²) in [6.45, 7) is 0.601. The van der Waals surface area contributed by atoms with Gasteiger partial charge in [-0.1, -0.05) is 0 Å². The van der Waals surface area contributed by atoms with Crippen molar-refractivity contribution in [1.82, 2.24) is 10.3 Å². The van der Waals surface area contributed by atoms with Crippen LogP contribution in [0.15, 0.2) is 21.2 Å². The van der Waals surface area contributed by atoms with E-state index in [0.29, 0.717) is 6.61 Å². The molecule has 1 rings (SSSR count). The zero-order valence-corrected chi connectivity index (χ0v) is 11.2. The summed E-state index contributed by atoms with van der Waals surface area (Å²) in [4.78, 5) is 4.33. The van der Waals surface area contributed by atoms with Crippen LogP contribution in [0, 0.1) is 0 Å². The van der Waals surface area contributed by atoms with Crippen molar-refractivity contribution in [3.63, 3.8) is 0 Å². The van der Waals surface area contributed by atoms with E-state index in [1.54, 1.807) is 13.3 Å². The predicted molar refractivity (Wildman–Crippen MR) is 63.3 cm³/mol. The minimum Gasteiger partial charge on any atom is -0.383 e. The minimum absolute atomic E-state index is 0.113. The second-order valence-electron chi connectivity index (χ2n) is 2.82. The Hall–Kier alpha value is 0.0300. The van der Waals surface area contributed by atoms with Crippen molar-refractivity contribution in [2.75, 3.05) is 20.8 Å². The Balaban J connectivity index is 2.92. The van der Waals surface area contributed by atoms with Crippen LogP contribution in [-0.2, 0) is 4.74 Å². The Morgan fingerprint density at radius 1 is 1.57 bits per heavy atom. The van der Waals surface area contributed by atoms with E-state index in [4.69, 9.17) is 4.74 Å². The van der Waals surface area contributed by atoms with Crippen LogP contribution >= 0.6 is 31.9 Å². The Labute approximate surface area is 101 Å². The normalized spacial score (nSPS) is 12.9. The standard InChI is InChI=1S/C9H12Br2N2O/c1-12-8(5-14-2)9-7(11)3-6(10)4-13-9/h3-4,8,12H,5H2,1-2H3. The Kier molecular flexibility index (Phi) is 5.01. The monoisotopic (exact) mass is 322 g/mol. The smallest absolute Gasteiger partial charge is 0.0741 e. The third kappa shape index (κ3) is 3.02. The van der Waals surface area contributed by atoms with Crippen LogP contribution in [0.3, 0.4) is 0 Å². The number of nitrogens with one attached hydrogen (secondary N) is 1. The highest BCUT2D eigenvalue weighted by molar-refractivity contribution is 9.11. The first-order valence-corrected chi connectivity index (χ1v) is 5.74. The van der Waals surface area contributed by atoms with E-state index < -0.39 is 0 Å². The van der Waals surface area contributed by atoms with Crippen LogP contribution in [0.25, 0.3) is 0 Å². The van der Waals surface area contributed by atoms with Crippen molar-refractivity contribution in [1.29, 1.82) is 0 Å². The second kappa shape index (κ2) is 5.80. The maximum absolute atomic E-state index is 5.10. The number of rotatable bonds is 4. The van der Waals surface area contributed by atoms with Crippen molar-refractivity contribution < 1.29 is 4.74 Å². The Morgan fingerprint density at radius 2 is 2.29 bits per heavy atom. The van der Waals surface area contributed by atoms with E-state index in [1.807, 2.05) is 13.1 Å². The topological polar surface area (TPSA) is 34.1 Å². The summed E-state index contributed by atoms with van der Waals surface area (Å²) in [6, 6.07) is 2.09. The molecule has 1 N–H and O–H groups in total. The van der Waals surface area contributed by atoms with E-state index in [2.05, 4.69) is 42.2 Å². The first-order valence-electron chi connectivity index (χ1n) is 4.16. The lowest BCUT2D eigenvalue weighted by atomic mass is 10.2. The molecule has 0 radical (unpaired) electrons. The van der Waals surface area contributed by atoms with Gasteiger partial charge in [-0.2, -0.15) is 0 Å². The van der Waals surface area contributed by atoms with E-state index >= 15 is 0 Å². The first kappa shape index (κ1) is 12.1. The predicted octanol–water partition coefficient (Wildman–Crippen LogP) is 2.51. The molecule has 0 saturated carbocycles. The fraction of sp³-hybridized carbons (Fsp3) is 0.444. The zero-order chi connectivity index (χ0) is 10.6. The van der Waals surface area contributed by atoms with E-state index in [1.165, 1.54) is 0 Å². The minimum atomic E-state index is 0.113. The van der Waals surface area contributed by atoms with E-state index in [-0.39, 0.29) is 6.04 Å². The van der Waals surface area contributed by atoms with Gasteiger partial charge in [-0.15, -0.1) is 0 Å². The molecule has 0 aliphatic heterocycles. The van der Waals surface area contributed by atoms with Crippen LogP contribution in [0.5, 0.6) is 0 Å². The van der Waals surface area contributed by atoms with Gasteiger partial charge in [0.1, 0.15) is 0 Å². The molecule has 1 aromatic heterocycles. The van der Waals surface area contributed by atoms with Gasteiger partial charge >= 0.3 is 0 Å².